The Kier molecular flexibility index (Phi) is 8.00. The normalized spacial score (nSPS) is 11.4. The first-order valence-electron chi connectivity index (χ1n) is 11.2. The number of anilines is 2. The number of guanidine groups is 1. The van der Waals surface area contributed by atoms with Gasteiger partial charge in [-0.05, 0) is 37.1 Å². The molecule has 0 fully saturated rings. The Balaban J connectivity index is 1.46. The van der Waals surface area contributed by atoms with E-state index in [1.807, 2.05) is 0 Å². The van der Waals surface area contributed by atoms with Crippen molar-refractivity contribution in [2.75, 3.05) is 23.1 Å². The minimum atomic E-state index is -3.93. The van der Waals surface area contributed by atoms with Crippen molar-refractivity contribution in [2.45, 2.75) is 17.7 Å². The number of nitrogens with one attached hydrogen (secondary N) is 4. The van der Waals surface area contributed by atoms with Crippen molar-refractivity contribution >= 4 is 61.9 Å². The van der Waals surface area contributed by atoms with Gasteiger partial charge in [-0.15, -0.1) is 0 Å². The molecular formula is C23H25Cl2N9O2S. The Morgan fingerprint density at radius 1 is 1.11 bits per heavy atom. The van der Waals surface area contributed by atoms with E-state index >= 15 is 0 Å². The smallest absolute Gasteiger partial charge is 0.263 e. The van der Waals surface area contributed by atoms with Crippen LogP contribution in [0.15, 0.2) is 53.6 Å². The summed E-state index contributed by atoms with van der Waals surface area (Å²) < 4.78 is 29.8. The summed E-state index contributed by atoms with van der Waals surface area (Å²) in [5.74, 6) is 0.457. The molecular weight excluding hydrogens is 537 g/mol. The van der Waals surface area contributed by atoms with Crippen LogP contribution in [0.4, 0.5) is 11.6 Å². The molecule has 6 N–H and O–H groups in total. The molecule has 0 saturated heterocycles. The van der Waals surface area contributed by atoms with Crippen LogP contribution in [0.3, 0.4) is 0 Å². The minimum absolute atomic E-state index is 0.0350. The predicted molar refractivity (Wildman–Crippen MR) is 147 cm³/mol. The summed E-state index contributed by atoms with van der Waals surface area (Å²) in [6.07, 6.45) is 3.42. The van der Waals surface area contributed by atoms with Gasteiger partial charge in [0.2, 0.25) is 5.95 Å². The highest BCUT2D eigenvalue weighted by Gasteiger charge is 2.20. The van der Waals surface area contributed by atoms with Gasteiger partial charge in [-0.1, -0.05) is 41.4 Å². The van der Waals surface area contributed by atoms with Gasteiger partial charge in [-0.2, -0.15) is 10.1 Å². The molecule has 0 spiro atoms. The molecule has 0 saturated carbocycles. The number of aryl methyl sites for hydroxylation is 1. The summed E-state index contributed by atoms with van der Waals surface area (Å²) in [7, 11) is -2.13. The van der Waals surface area contributed by atoms with Crippen molar-refractivity contribution in [3.05, 3.63) is 58.7 Å². The largest absolute Gasteiger partial charge is 0.370 e. The molecule has 0 unspecified atom stereocenters. The first-order chi connectivity index (χ1) is 17.7. The van der Waals surface area contributed by atoms with E-state index in [2.05, 4.69) is 30.4 Å². The lowest BCUT2D eigenvalue weighted by atomic mass is 10.1. The zero-order valence-corrected chi connectivity index (χ0v) is 22.1. The average Bonchev–Trinajstić information content (AvgIpc) is 3.18. The maximum Gasteiger partial charge on any atom is 0.263 e. The van der Waals surface area contributed by atoms with E-state index in [0.717, 1.165) is 23.8 Å². The zero-order valence-electron chi connectivity index (χ0n) is 19.8. The van der Waals surface area contributed by atoms with E-state index in [4.69, 9.17) is 34.3 Å². The van der Waals surface area contributed by atoms with Crippen LogP contribution in [0, 0.1) is 5.41 Å². The number of halogens is 2. The van der Waals surface area contributed by atoms with Crippen LogP contribution in [0.1, 0.15) is 12.8 Å². The second-order valence-corrected chi connectivity index (χ2v) is 10.5. The summed E-state index contributed by atoms with van der Waals surface area (Å²) >= 11 is 12.0. The van der Waals surface area contributed by atoms with Crippen LogP contribution < -0.4 is 21.1 Å². The van der Waals surface area contributed by atoms with E-state index in [0.29, 0.717) is 36.1 Å². The summed E-state index contributed by atoms with van der Waals surface area (Å²) in [5.41, 5.74) is 7.73. The summed E-state index contributed by atoms with van der Waals surface area (Å²) in [5, 5.41) is 18.6. The monoisotopic (exact) mass is 561 g/mol. The number of aromatic nitrogens is 4. The lowest BCUT2D eigenvalue weighted by Gasteiger charge is -2.10. The van der Waals surface area contributed by atoms with Gasteiger partial charge in [-0.25, -0.2) is 18.1 Å². The van der Waals surface area contributed by atoms with E-state index in [9.17, 15) is 8.42 Å². The van der Waals surface area contributed by atoms with Gasteiger partial charge in [0.15, 0.2) is 11.6 Å². The number of unbranched alkanes of at least 4 members (excludes halogenated alkanes) is 1. The minimum Gasteiger partial charge on any atom is -0.370 e. The number of benzene rings is 2. The number of sulfonamides is 1. The number of nitrogens with zero attached hydrogens (tertiary/aromatic N) is 4. The lowest BCUT2D eigenvalue weighted by Crippen LogP contribution is -2.31. The van der Waals surface area contributed by atoms with Crippen molar-refractivity contribution < 1.29 is 8.42 Å². The first-order valence-corrected chi connectivity index (χ1v) is 13.5. The van der Waals surface area contributed by atoms with Gasteiger partial charge in [-0.3, -0.25) is 10.1 Å². The molecule has 0 aliphatic carbocycles. The summed E-state index contributed by atoms with van der Waals surface area (Å²) in [6.45, 7) is 1.31. The highest BCUT2D eigenvalue weighted by molar-refractivity contribution is 7.92. The van der Waals surface area contributed by atoms with E-state index in [-0.39, 0.29) is 20.9 Å². The van der Waals surface area contributed by atoms with Crippen LogP contribution >= 0.6 is 23.2 Å². The van der Waals surface area contributed by atoms with Gasteiger partial charge >= 0.3 is 0 Å². The number of rotatable bonds is 10. The van der Waals surface area contributed by atoms with Gasteiger partial charge in [0.25, 0.3) is 10.0 Å². The molecule has 14 heteroatoms. The summed E-state index contributed by atoms with van der Waals surface area (Å²) in [4.78, 5) is 8.88. The molecule has 4 rings (SSSR count). The zero-order chi connectivity index (χ0) is 26.6. The van der Waals surface area contributed by atoms with Crippen molar-refractivity contribution in [2.24, 2.45) is 12.8 Å². The van der Waals surface area contributed by atoms with Crippen LogP contribution in [-0.4, -0.2) is 47.2 Å². The van der Waals surface area contributed by atoms with Crippen molar-refractivity contribution in [3.63, 3.8) is 0 Å². The number of nitrogens with two attached hydrogens (primary N) is 1. The Morgan fingerprint density at radius 3 is 2.57 bits per heavy atom. The fraction of sp³-hybridized carbons (Fsp3) is 0.217. The Morgan fingerprint density at radius 2 is 1.84 bits per heavy atom. The summed E-state index contributed by atoms with van der Waals surface area (Å²) in [6, 6.07) is 11.2. The Bertz CT molecular complexity index is 1540. The molecule has 0 aliphatic heterocycles. The topological polar surface area (TPSA) is 164 Å². The standard InChI is InChI=1S/C23H25Cl2N9O2S/c1-34-21-16(13-30-23(31-21)29-12-3-2-11-28-22(26)27)20(32-34)14-7-9-15(10-8-14)33-37(35,36)18-6-4-5-17(24)19(18)25/h4-10,13,33H,2-3,11-12H2,1H3,(H4,26,27,28)(H,29,30,31). The molecule has 2 aromatic carbocycles. The van der Waals surface area contributed by atoms with Gasteiger partial charge in [0.1, 0.15) is 10.6 Å². The Hall–Kier alpha value is -3.61. The van der Waals surface area contributed by atoms with Crippen molar-refractivity contribution in [1.82, 2.24) is 25.1 Å². The second-order valence-electron chi connectivity index (χ2n) is 8.11. The van der Waals surface area contributed by atoms with E-state index in [1.165, 1.54) is 18.2 Å². The number of hydrogen-bond donors (Lipinski definition) is 5. The third kappa shape index (κ3) is 6.21. The molecule has 2 heterocycles. The predicted octanol–water partition coefficient (Wildman–Crippen LogP) is 3.81. The van der Waals surface area contributed by atoms with Crippen LogP contribution in [0.5, 0.6) is 0 Å². The average molecular weight is 562 g/mol. The molecule has 37 heavy (non-hydrogen) atoms. The second kappa shape index (κ2) is 11.2. The van der Waals surface area contributed by atoms with Crippen LogP contribution in [0.25, 0.3) is 22.3 Å². The van der Waals surface area contributed by atoms with Crippen molar-refractivity contribution in [3.8, 4) is 11.3 Å². The maximum absolute atomic E-state index is 12.8. The number of hydrogen-bond acceptors (Lipinski definition) is 7. The molecule has 0 radical (unpaired) electrons. The molecule has 11 nitrogen and oxygen atoms in total. The molecule has 4 aromatic rings. The quantitative estimate of drug-likeness (QED) is 0.111. The van der Waals surface area contributed by atoms with Gasteiger partial charge in [0, 0.05) is 37.6 Å². The highest BCUT2D eigenvalue weighted by Crippen LogP contribution is 2.31. The van der Waals surface area contributed by atoms with E-state index < -0.39 is 10.0 Å². The first kappa shape index (κ1) is 26.5. The van der Waals surface area contributed by atoms with Crippen LogP contribution in [-0.2, 0) is 17.1 Å². The third-order valence-corrected chi connectivity index (χ3v) is 7.75. The molecule has 2 aromatic heterocycles. The SMILES string of the molecule is Cn1nc(-c2ccc(NS(=O)(=O)c3cccc(Cl)c3Cl)cc2)c2cnc(NCCCCNC(=N)N)nc21. The maximum atomic E-state index is 12.8. The number of fused-ring (bicyclic) bond motifs is 1. The third-order valence-electron chi connectivity index (χ3n) is 5.40. The molecule has 194 valence electrons. The van der Waals surface area contributed by atoms with Gasteiger partial charge < -0.3 is 16.4 Å². The van der Waals surface area contributed by atoms with Crippen molar-refractivity contribution in [1.29, 1.82) is 5.41 Å². The molecule has 0 bridgehead atoms. The highest BCUT2D eigenvalue weighted by atomic mass is 35.5. The molecule has 0 atom stereocenters. The molecule has 0 amide bonds. The van der Waals surface area contributed by atoms with Gasteiger partial charge in [0.05, 0.1) is 15.4 Å². The fourth-order valence-electron chi connectivity index (χ4n) is 3.61. The molecule has 0 aliphatic rings. The Labute approximate surface area is 224 Å². The lowest BCUT2D eigenvalue weighted by molar-refractivity contribution is 0.601. The van der Waals surface area contributed by atoms with Crippen LogP contribution in [0.2, 0.25) is 10.0 Å². The fourth-order valence-corrected chi connectivity index (χ4v) is 5.43. The van der Waals surface area contributed by atoms with E-state index in [1.54, 1.807) is 42.2 Å².